The fourth-order valence-electron chi connectivity index (χ4n) is 2.31. The van der Waals surface area contributed by atoms with E-state index in [4.69, 9.17) is 0 Å². The molecule has 2 heteroatoms. The first-order valence-electron chi connectivity index (χ1n) is 9.03. The Labute approximate surface area is 151 Å². The van der Waals surface area contributed by atoms with Gasteiger partial charge in [-0.15, -0.1) is 0 Å². The number of hydrogen-bond acceptors (Lipinski definition) is 2. The zero-order chi connectivity index (χ0) is 18.7. The van der Waals surface area contributed by atoms with Crippen molar-refractivity contribution in [3.63, 3.8) is 0 Å². The van der Waals surface area contributed by atoms with Crippen LogP contribution in [-0.4, -0.2) is 28.2 Å². The Hall–Kier alpha value is -1.96. The van der Waals surface area contributed by atoms with Crippen molar-refractivity contribution in [2.24, 2.45) is 0 Å². The number of rotatable bonds is 4. The third-order valence-corrected chi connectivity index (χ3v) is 3.82. The molecule has 0 aliphatic carbocycles. The van der Waals surface area contributed by atoms with Crippen LogP contribution in [0.25, 0.3) is 0 Å². The Balaban J connectivity index is 0. The van der Waals surface area contributed by atoms with Gasteiger partial charge < -0.3 is 9.80 Å². The van der Waals surface area contributed by atoms with Gasteiger partial charge >= 0.3 is 0 Å². The van der Waals surface area contributed by atoms with Gasteiger partial charge in [0, 0.05) is 46.9 Å². The van der Waals surface area contributed by atoms with Crippen LogP contribution in [0.4, 0.5) is 11.4 Å². The van der Waals surface area contributed by atoms with E-state index in [0.29, 0.717) is 5.92 Å². The van der Waals surface area contributed by atoms with Crippen LogP contribution in [0.5, 0.6) is 0 Å². The van der Waals surface area contributed by atoms with Crippen LogP contribution < -0.4 is 9.80 Å². The molecule has 0 heterocycles. The van der Waals surface area contributed by atoms with Crippen molar-refractivity contribution < 1.29 is 1.43 Å². The second kappa shape index (κ2) is 11.6. The average molecular weight is 332 g/mol. The second-order valence-electron chi connectivity index (χ2n) is 5.69. The van der Waals surface area contributed by atoms with E-state index in [1.54, 1.807) is 0 Å². The summed E-state index contributed by atoms with van der Waals surface area (Å²) in [6, 6.07) is 17.6. The molecule has 0 saturated heterocycles. The summed E-state index contributed by atoms with van der Waals surface area (Å²) < 4.78 is 0. The Morgan fingerprint density at radius 1 is 0.583 bits per heavy atom. The summed E-state index contributed by atoms with van der Waals surface area (Å²) >= 11 is 0. The van der Waals surface area contributed by atoms with E-state index in [1.165, 1.54) is 22.5 Å². The smallest absolute Gasteiger partial charge is 0.0361 e. The normalized spacial score (nSPS) is 9.42. The predicted molar refractivity (Wildman–Crippen MR) is 114 cm³/mol. The average Bonchev–Trinajstić information content (AvgIpc) is 2.64. The molecule has 2 rings (SSSR count). The largest absolute Gasteiger partial charge is 0.378 e. The lowest BCUT2D eigenvalue weighted by atomic mass is 9.93. The Kier molecular flexibility index (Phi) is 10.6. The standard InChI is InChI=1S/C18H24N2.2C2H6.H2/c1-14(15-6-10-17(11-7-15)19(2)3)16-8-12-18(13-9-16)20(4)5;2*1-2;/h6-14H,1-5H3;2*1-2H3;1H/i;;;1+1. The molecule has 136 valence electrons. The molecule has 0 aliphatic rings. The van der Waals surface area contributed by atoms with Gasteiger partial charge in [0.05, 0.1) is 0 Å². The van der Waals surface area contributed by atoms with E-state index in [-0.39, 0.29) is 1.43 Å². The zero-order valence-electron chi connectivity index (χ0n) is 17.1. The molecule has 0 fully saturated rings. The van der Waals surface area contributed by atoms with Crippen molar-refractivity contribution in [1.82, 2.24) is 0 Å². The Bertz CT molecular complexity index is 494. The number of anilines is 2. The summed E-state index contributed by atoms with van der Waals surface area (Å²) in [5.41, 5.74) is 5.19. The molecule has 0 saturated carbocycles. The van der Waals surface area contributed by atoms with E-state index in [2.05, 4.69) is 93.4 Å². The minimum absolute atomic E-state index is 0. The van der Waals surface area contributed by atoms with Crippen LogP contribution in [0.15, 0.2) is 48.5 Å². The summed E-state index contributed by atoms with van der Waals surface area (Å²) in [6.07, 6.45) is 0. The van der Waals surface area contributed by atoms with E-state index in [9.17, 15) is 0 Å². The van der Waals surface area contributed by atoms with Gasteiger partial charge in [-0.05, 0) is 35.4 Å². The first-order chi connectivity index (χ1) is 11.5. The van der Waals surface area contributed by atoms with E-state index in [0.717, 1.165) is 0 Å². The Morgan fingerprint density at radius 3 is 1.04 bits per heavy atom. The lowest BCUT2D eigenvalue weighted by Crippen LogP contribution is -2.09. The predicted octanol–water partition coefficient (Wildman–Crippen LogP) is 6.27. The first kappa shape index (κ1) is 22.0. The molecule has 0 spiro atoms. The quantitative estimate of drug-likeness (QED) is 0.651. The maximum atomic E-state index is 2.26. The van der Waals surface area contributed by atoms with Gasteiger partial charge in [0.25, 0.3) is 0 Å². The topological polar surface area (TPSA) is 6.48 Å². The molecule has 0 atom stereocenters. The van der Waals surface area contributed by atoms with Crippen LogP contribution in [0, 0.1) is 0 Å². The molecule has 0 aromatic heterocycles. The van der Waals surface area contributed by atoms with Crippen LogP contribution in [0.2, 0.25) is 0 Å². The SMILES string of the molecule is CC.CC.CC(c1ccc(N(C)C)cc1)c1ccc(N(C)C)cc1.[2HH]. The molecule has 2 aromatic rings. The van der Waals surface area contributed by atoms with Crippen LogP contribution in [-0.2, 0) is 0 Å². The van der Waals surface area contributed by atoms with E-state index in [1.807, 2.05) is 27.7 Å². The van der Waals surface area contributed by atoms with Crippen LogP contribution in [0.1, 0.15) is 53.1 Å². The molecule has 2 nitrogen and oxygen atoms in total. The summed E-state index contributed by atoms with van der Waals surface area (Å²) in [4.78, 5) is 4.25. The summed E-state index contributed by atoms with van der Waals surface area (Å²) in [5, 5.41) is 0. The second-order valence-corrected chi connectivity index (χ2v) is 5.69. The minimum atomic E-state index is 0. The van der Waals surface area contributed by atoms with Crippen molar-refractivity contribution in [2.75, 3.05) is 38.0 Å². The minimum Gasteiger partial charge on any atom is -0.378 e. The van der Waals surface area contributed by atoms with Crippen molar-refractivity contribution in [1.29, 1.82) is 0 Å². The van der Waals surface area contributed by atoms with Crippen molar-refractivity contribution >= 4 is 11.4 Å². The molecule has 0 unspecified atom stereocenters. The van der Waals surface area contributed by atoms with E-state index >= 15 is 0 Å². The number of hydrogen-bond donors (Lipinski definition) is 0. The lowest BCUT2D eigenvalue weighted by Gasteiger charge is -2.17. The van der Waals surface area contributed by atoms with Crippen LogP contribution in [0.3, 0.4) is 0 Å². The molecule has 0 bridgehead atoms. The van der Waals surface area contributed by atoms with Crippen molar-refractivity contribution in [2.45, 2.75) is 40.5 Å². The molecule has 24 heavy (non-hydrogen) atoms. The molecule has 0 aliphatic heterocycles. The van der Waals surface area contributed by atoms with Crippen molar-refractivity contribution in [3.8, 4) is 0 Å². The van der Waals surface area contributed by atoms with Gasteiger partial charge in [0.2, 0.25) is 0 Å². The number of nitrogens with zero attached hydrogens (tertiary/aromatic N) is 2. The van der Waals surface area contributed by atoms with Gasteiger partial charge in [0.15, 0.2) is 0 Å². The highest BCUT2D eigenvalue weighted by Crippen LogP contribution is 2.27. The Morgan fingerprint density at radius 2 is 0.833 bits per heavy atom. The highest BCUT2D eigenvalue weighted by Gasteiger charge is 2.09. The van der Waals surface area contributed by atoms with Gasteiger partial charge in [-0.3, -0.25) is 0 Å². The molecule has 0 amide bonds. The van der Waals surface area contributed by atoms with Crippen molar-refractivity contribution in [3.05, 3.63) is 59.7 Å². The molecule has 0 N–H and O–H groups in total. The fraction of sp³-hybridized carbons (Fsp3) is 0.455. The first-order valence-corrected chi connectivity index (χ1v) is 9.03. The summed E-state index contributed by atoms with van der Waals surface area (Å²) in [7, 11) is 8.27. The van der Waals surface area contributed by atoms with Gasteiger partial charge in [0.1, 0.15) is 0 Å². The number of benzene rings is 2. The molecule has 2 aromatic carbocycles. The highest BCUT2D eigenvalue weighted by molar-refractivity contribution is 5.50. The third-order valence-electron chi connectivity index (χ3n) is 3.82. The molecule has 0 radical (unpaired) electrons. The monoisotopic (exact) mass is 331 g/mol. The third kappa shape index (κ3) is 6.27. The fourth-order valence-corrected chi connectivity index (χ4v) is 2.31. The zero-order valence-corrected chi connectivity index (χ0v) is 17.1. The highest BCUT2D eigenvalue weighted by atomic mass is 15.1. The van der Waals surface area contributed by atoms with E-state index < -0.39 is 0 Å². The lowest BCUT2D eigenvalue weighted by molar-refractivity contribution is 0.920. The molecular formula is C22H38N2. The van der Waals surface area contributed by atoms with Crippen LogP contribution >= 0.6 is 0 Å². The maximum absolute atomic E-state index is 2.26. The summed E-state index contributed by atoms with van der Waals surface area (Å²) in [5.74, 6) is 0.419. The summed E-state index contributed by atoms with van der Waals surface area (Å²) in [6.45, 7) is 10.3. The molecular weight excluding hydrogens is 292 g/mol. The van der Waals surface area contributed by atoms with Gasteiger partial charge in [-0.1, -0.05) is 58.9 Å². The van der Waals surface area contributed by atoms with Gasteiger partial charge in [-0.2, -0.15) is 0 Å². The maximum Gasteiger partial charge on any atom is 0.0361 e. The van der Waals surface area contributed by atoms with Gasteiger partial charge in [-0.25, -0.2) is 0 Å².